The zero-order chi connectivity index (χ0) is 12.3. The van der Waals surface area contributed by atoms with Crippen LogP contribution in [0.2, 0.25) is 0 Å². The van der Waals surface area contributed by atoms with E-state index >= 15 is 0 Å². The van der Waals surface area contributed by atoms with Gasteiger partial charge in [0.05, 0.1) is 15.9 Å². The van der Waals surface area contributed by atoms with E-state index in [2.05, 4.69) is 34.9 Å². The largest absolute Gasteiger partial charge is 0.330 e. The Morgan fingerprint density at radius 1 is 1.38 bits per heavy atom. The van der Waals surface area contributed by atoms with Crippen molar-refractivity contribution >= 4 is 15.9 Å². The molecule has 92 valence electrons. The van der Waals surface area contributed by atoms with Crippen molar-refractivity contribution in [1.82, 2.24) is 9.78 Å². The molecule has 3 nitrogen and oxygen atoms in total. The average molecular weight is 288 g/mol. The van der Waals surface area contributed by atoms with E-state index in [0.29, 0.717) is 0 Å². The Kier molecular flexibility index (Phi) is 4.56. The smallest absolute Gasteiger partial charge is 0.0738 e. The maximum Gasteiger partial charge on any atom is 0.0738 e. The molecule has 0 aromatic carbocycles. The summed E-state index contributed by atoms with van der Waals surface area (Å²) in [7, 11) is 2.00. The minimum atomic E-state index is 0.211. The van der Waals surface area contributed by atoms with E-state index in [9.17, 15) is 0 Å². The molecule has 0 amide bonds. The molecule has 0 aliphatic heterocycles. The van der Waals surface area contributed by atoms with Crippen LogP contribution < -0.4 is 5.73 Å². The highest BCUT2D eigenvalue weighted by atomic mass is 79.9. The van der Waals surface area contributed by atoms with Gasteiger partial charge in [0.15, 0.2) is 0 Å². The zero-order valence-electron chi connectivity index (χ0n) is 10.7. The fourth-order valence-corrected chi connectivity index (χ4v) is 2.56. The Balaban J connectivity index is 3.02. The van der Waals surface area contributed by atoms with Crippen molar-refractivity contribution in [3.63, 3.8) is 0 Å². The van der Waals surface area contributed by atoms with Crippen LogP contribution in [0.4, 0.5) is 0 Å². The minimum Gasteiger partial charge on any atom is -0.330 e. The first kappa shape index (κ1) is 13.7. The van der Waals surface area contributed by atoms with Gasteiger partial charge in [-0.25, -0.2) is 0 Å². The molecule has 0 saturated carbocycles. The molecule has 0 spiro atoms. The van der Waals surface area contributed by atoms with Gasteiger partial charge in [0, 0.05) is 7.05 Å². The number of halogens is 1. The summed E-state index contributed by atoms with van der Waals surface area (Å²) in [5, 5.41) is 4.43. The highest BCUT2D eigenvalue weighted by Crippen LogP contribution is 2.33. The summed E-state index contributed by atoms with van der Waals surface area (Å²) < 4.78 is 3.10. The molecule has 0 atom stereocenters. The number of nitrogens with two attached hydrogens (primary N) is 1. The number of rotatable bonds is 5. The van der Waals surface area contributed by atoms with Gasteiger partial charge in [-0.3, -0.25) is 4.68 Å². The van der Waals surface area contributed by atoms with Crippen molar-refractivity contribution in [2.45, 2.75) is 40.0 Å². The van der Waals surface area contributed by atoms with Crippen molar-refractivity contribution in [3.8, 4) is 0 Å². The predicted octanol–water partition coefficient (Wildman–Crippen LogP) is 2.80. The van der Waals surface area contributed by atoms with E-state index in [1.165, 1.54) is 5.69 Å². The van der Waals surface area contributed by atoms with Crippen molar-refractivity contribution in [1.29, 1.82) is 0 Å². The summed E-state index contributed by atoms with van der Waals surface area (Å²) in [6.07, 6.45) is 3.21. The Morgan fingerprint density at radius 2 is 1.94 bits per heavy atom. The van der Waals surface area contributed by atoms with Gasteiger partial charge < -0.3 is 5.73 Å². The maximum atomic E-state index is 5.94. The Bertz CT molecular complexity index is 345. The number of aryl methyl sites for hydroxylation is 2. The summed E-state index contributed by atoms with van der Waals surface area (Å²) in [5.74, 6) is 0. The highest BCUT2D eigenvalue weighted by molar-refractivity contribution is 9.10. The first-order chi connectivity index (χ1) is 7.49. The molecule has 1 aromatic rings. The molecule has 4 heteroatoms. The molecule has 0 bridgehead atoms. The molecule has 0 fully saturated rings. The molecule has 2 N–H and O–H groups in total. The van der Waals surface area contributed by atoms with E-state index < -0.39 is 0 Å². The SMILES string of the molecule is CCC(CC)(CN)Cc1c(Br)c(C)nn1C. The monoisotopic (exact) mass is 287 g/mol. The third kappa shape index (κ3) is 2.48. The first-order valence-corrected chi connectivity index (χ1v) is 6.67. The second kappa shape index (κ2) is 5.32. The van der Waals surface area contributed by atoms with Crippen LogP contribution in [0.3, 0.4) is 0 Å². The fraction of sp³-hybridized carbons (Fsp3) is 0.750. The second-order valence-corrected chi connectivity index (χ2v) is 5.35. The topological polar surface area (TPSA) is 43.8 Å². The molecule has 1 aromatic heterocycles. The van der Waals surface area contributed by atoms with Gasteiger partial charge in [0.25, 0.3) is 0 Å². The van der Waals surface area contributed by atoms with Crippen molar-refractivity contribution in [2.24, 2.45) is 18.2 Å². The van der Waals surface area contributed by atoms with E-state index in [4.69, 9.17) is 5.73 Å². The molecule has 1 heterocycles. The van der Waals surface area contributed by atoms with Gasteiger partial charge in [-0.1, -0.05) is 13.8 Å². The Morgan fingerprint density at radius 3 is 2.25 bits per heavy atom. The van der Waals surface area contributed by atoms with Crippen LogP contribution in [-0.2, 0) is 13.5 Å². The molecule has 0 aliphatic rings. The van der Waals surface area contributed by atoms with Gasteiger partial charge in [0.2, 0.25) is 0 Å². The van der Waals surface area contributed by atoms with Crippen LogP contribution in [0.15, 0.2) is 4.47 Å². The maximum absolute atomic E-state index is 5.94. The fourth-order valence-electron chi connectivity index (χ4n) is 2.09. The highest BCUT2D eigenvalue weighted by Gasteiger charge is 2.27. The molecule has 1 rings (SSSR count). The predicted molar refractivity (Wildman–Crippen MR) is 71.4 cm³/mol. The van der Waals surface area contributed by atoms with Gasteiger partial charge in [-0.2, -0.15) is 5.10 Å². The lowest BCUT2D eigenvalue weighted by molar-refractivity contribution is 0.264. The van der Waals surface area contributed by atoms with Crippen molar-refractivity contribution in [3.05, 3.63) is 15.9 Å². The summed E-state index contributed by atoms with van der Waals surface area (Å²) in [6, 6.07) is 0. The van der Waals surface area contributed by atoms with Gasteiger partial charge in [-0.15, -0.1) is 0 Å². The van der Waals surface area contributed by atoms with Crippen LogP contribution in [0, 0.1) is 12.3 Å². The van der Waals surface area contributed by atoms with E-state index in [-0.39, 0.29) is 5.41 Å². The third-order valence-corrected chi connectivity index (χ3v) is 4.77. The molecule has 0 unspecified atom stereocenters. The lowest BCUT2D eigenvalue weighted by atomic mass is 9.78. The van der Waals surface area contributed by atoms with Crippen LogP contribution in [0.25, 0.3) is 0 Å². The van der Waals surface area contributed by atoms with Crippen LogP contribution in [0.5, 0.6) is 0 Å². The standard InChI is InChI=1S/C12H22BrN3/c1-5-12(6-2,8-14)7-10-11(13)9(3)15-16(10)4/h5-8,14H2,1-4H3. The molecule has 0 radical (unpaired) electrons. The zero-order valence-corrected chi connectivity index (χ0v) is 12.3. The number of aromatic nitrogens is 2. The molecule has 0 saturated heterocycles. The normalized spacial score (nSPS) is 12.1. The van der Waals surface area contributed by atoms with Crippen LogP contribution in [0.1, 0.15) is 38.1 Å². The van der Waals surface area contributed by atoms with Gasteiger partial charge in [-0.05, 0) is 54.1 Å². The van der Waals surface area contributed by atoms with E-state index in [1.54, 1.807) is 0 Å². The van der Waals surface area contributed by atoms with Crippen LogP contribution >= 0.6 is 15.9 Å². The second-order valence-electron chi connectivity index (χ2n) is 4.56. The average Bonchev–Trinajstić information content (AvgIpc) is 2.52. The van der Waals surface area contributed by atoms with Crippen molar-refractivity contribution < 1.29 is 0 Å². The molecular formula is C12H22BrN3. The molecule has 0 aliphatic carbocycles. The van der Waals surface area contributed by atoms with Crippen molar-refractivity contribution in [2.75, 3.05) is 6.54 Å². The Labute approximate surface area is 107 Å². The van der Waals surface area contributed by atoms with Gasteiger partial charge >= 0.3 is 0 Å². The lowest BCUT2D eigenvalue weighted by Crippen LogP contribution is -2.32. The van der Waals surface area contributed by atoms with E-state index in [0.717, 1.165) is 36.0 Å². The number of nitrogens with zero attached hydrogens (tertiary/aromatic N) is 2. The number of hydrogen-bond donors (Lipinski definition) is 1. The Hall–Kier alpha value is -0.350. The summed E-state index contributed by atoms with van der Waals surface area (Å²) in [6.45, 7) is 7.19. The quantitative estimate of drug-likeness (QED) is 0.905. The summed E-state index contributed by atoms with van der Waals surface area (Å²) >= 11 is 3.62. The summed E-state index contributed by atoms with van der Waals surface area (Å²) in [4.78, 5) is 0. The lowest BCUT2D eigenvalue weighted by Gasteiger charge is -2.30. The minimum absolute atomic E-state index is 0.211. The van der Waals surface area contributed by atoms with Gasteiger partial charge in [0.1, 0.15) is 0 Å². The third-order valence-electron chi connectivity index (χ3n) is 3.74. The van der Waals surface area contributed by atoms with E-state index in [1.807, 2.05) is 18.7 Å². The number of hydrogen-bond acceptors (Lipinski definition) is 2. The molecular weight excluding hydrogens is 266 g/mol. The van der Waals surface area contributed by atoms with Crippen LogP contribution in [-0.4, -0.2) is 16.3 Å². The molecule has 16 heavy (non-hydrogen) atoms. The summed E-state index contributed by atoms with van der Waals surface area (Å²) in [5.41, 5.74) is 8.46. The first-order valence-electron chi connectivity index (χ1n) is 5.87.